The summed E-state index contributed by atoms with van der Waals surface area (Å²) in [6.07, 6.45) is 9.70. The predicted molar refractivity (Wildman–Crippen MR) is 96.6 cm³/mol. The van der Waals surface area contributed by atoms with Crippen molar-refractivity contribution in [2.45, 2.75) is 45.1 Å². The van der Waals surface area contributed by atoms with Crippen LogP contribution in [0, 0.1) is 0 Å². The van der Waals surface area contributed by atoms with Crippen LogP contribution >= 0.6 is 0 Å². The highest BCUT2D eigenvalue weighted by Crippen LogP contribution is 2.40. The van der Waals surface area contributed by atoms with Gasteiger partial charge in [0.25, 0.3) is 0 Å². The van der Waals surface area contributed by atoms with E-state index >= 15 is 0 Å². The van der Waals surface area contributed by atoms with Crippen LogP contribution in [0.15, 0.2) is 24.7 Å². The summed E-state index contributed by atoms with van der Waals surface area (Å²) in [5.74, 6) is 0.412. The lowest BCUT2D eigenvalue weighted by Gasteiger charge is -2.07. The number of hydrogen-bond donors (Lipinski definition) is 0. The van der Waals surface area contributed by atoms with Crippen molar-refractivity contribution in [1.82, 2.24) is 24.4 Å². The van der Waals surface area contributed by atoms with E-state index in [1.54, 1.807) is 10.9 Å². The summed E-state index contributed by atoms with van der Waals surface area (Å²) in [6, 6.07) is 2.17. The van der Waals surface area contributed by atoms with Crippen molar-refractivity contribution < 1.29 is 14.3 Å². The van der Waals surface area contributed by atoms with Crippen molar-refractivity contribution in [3.63, 3.8) is 0 Å². The van der Waals surface area contributed by atoms with E-state index in [2.05, 4.69) is 22.6 Å². The third-order valence-corrected chi connectivity index (χ3v) is 4.65. The highest BCUT2D eigenvalue weighted by molar-refractivity contribution is 5.71. The van der Waals surface area contributed by atoms with E-state index in [4.69, 9.17) is 9.72 Å². The largest absolute Gasteiger partial charge is 0.466 e. The Kier molecular flexibility index (Phi) is 4.70. The second-order valence-corrected chi connectivity index (χ2v) is 6.80. The molecule has 4 rings (SSSR count). The molecule has 8 heteroatoms. The number of hydrogen-bond acceptors (Lipinski definition) is 6. The highest BCUT2D eigenvalue weighted by Gasteiger charge is 2.25. The first kappa shape index (κ1) is 17.4. The summed E-state index contributed by atoms with van der Waals surface area (Å²) in [5, 5.41) is 7.71. The molecule has 1 aliphatic carbocycles. The number of aromatic nitrogens is 5. The number of aryl methyl sites for hydroxylation is 1. The van der Waals surface area contributed by atoms with Crippen LogP contribution in [-0.2, 0) is 22.5 Å². The lowest BCUT2D eigenvalue weighted by Crippen LogP contribution is -2.06. The van der Waals surface area contributed by atoms with Gasteiger partial charge >= 0.3 is 5.97 Å². The molecule has 140 valence electrons. The molecule has 0 atom stereocenters. The van der Waals surface area contributed by atoms with E-state index in [0.29, 0.717) is 43.9 Å². The van der Waals surface area contributed by atoms with Gasteiger partial charge in [-0.2, -0.15) is 0 Å². The lowest BCUT2D eigenvalue weighted by atomic mass is 10.1. The lowest BCUT2D eigenvalue weighted by molar-refractivity contribution is -0.143. The SMILES string of the molecule is CCOC(=O)CCc1cc(C2CC2)cn2cc(Cn3cc(C=O)nn3)nc12. The van der Waals surface area contributed by atoms with Gasteiger partial charge in [0.2, 0.25) is 0 Å². The number of carbonyl (C=O) groups excluding carboxylic acids is 2. The maximum Gasteiger partial charge on any atom is 0.306 e. The molecule has 0 bridgehead atoms. The molecule has 0 aliphatic heterocycles. The van der Waals surface area contributed by atoms with Crippen LogP contribution in [0.1, 0.15) is 59.4 Å². The van der Waals surface area contributed by atoms with E-state index in [1.165, 1.54) is 18.4 Å². The molecular formula is C19H21N5O3. The summed E-state index contributed by atoms with van der Waals surface area (Å²) in [5.41, 5.74) is 4.29. The second-order valence-electron chi connectivity index (χ2n) is 6.80. The van der Waals surface area contributed by atoms with Crippen molar-refractivity contribution in [3.05, 3.63) is 47.2 Å². The molecule has 27 heavy (non-hydrogen) atoms. The predicted octanol–water partition coefficient (Wildman–Crippen LogP) is 2.16. The first-order valence-corrected chi connectivity index (χ1v) is 9.17. The molecular weight excluding hydrogens is 346 g/mol. The van der Waals surface area contributed by atoms with Crippen molar-refractivity contribution in [2.75, 3.05) is 6.61 Å². The number of esters is 1. The molecule has 1 saturated carbocycles. The number of pyridine rings is 1. The van der Waals surface area contributed by atoms with Gasteiger partial charge in [-0.15, -0.1) is 5.10 Å². The Morgan fingerprint density at radius 3 is 2.89 bits per heavy atom. The molecule has 3 heterocycles. The molecule has 0 aromatic carbocycles. The van der Waals surface area contributed by atoms with E-state index < -0.39 is 0 Å². The minimum atomic E-state index is -0.191. The smallest absolute Gasteiger partial charge is 0.306 e. The fourth-order valence-corrected chi connectivity index (χ4v) is 3.22. The van der Waals surface area contributed by atoms with Gasteiger partial charge in [0.05, 0.1) is 25.0 Å². The molecule has 8 nitrogen and oxygen atoms in total. The zero-order chi connectivity index (χ0) is 18.8. The molecule has 0 N–H and O–H groups in total. The molecule has 0 spiro atoms. The number of nitrogens with zero attached hydrogens (tertiary/aromatic N) is 5. The van der Waals surface area contributed by atoms with Crippen LogP contribution in [0.4, 0.5) is 0 Å². The summed E-state index contributed by atoms with van der Waals surface area (Å²) >= 11 is 0. The van der Waals surface area contributed by atoms with Crippen molar-refractivity contribution >= 4 is 17.9 Å². The molecule has 3 aromatic heterocycles. The van der Waals surface area contributed by atoms with Gasteiger partial charge in [-0.25, -0.2) is 9.67 Å². The van der Waals surface area contributed by atoms with Gasteiger partial charge < -0.3 is 9.14 Å². The fourth-order valence-electron chi connectivity index (χ4n) is 3.22. The molecule has 1 aliphatic rings. The van der Waals surface area contributed by atoms with Crippen molar-refractivity contribution in [3.8, 4) is 0 Å². The molecule has 1 fully saturated rings. The van der Waals surface area contributed by atoms with Crippen LogP contribution in [0.3, 0.4) is 0 Å². The van der Waals surface area contributed by atoms with Crippen LogP contribution in [0.25, 0.3) is 5.65 Å². The van der Waals surface area contributed by atoms with Crippen molar-refractivity contribution in [1.29, 1.82) is 0 Å². The monoisotopic (exact) mass is 367 g/mol. The summed E-state index contributed by atoms with van der Waals surface area (Å²) in [7, 11) is 0. The number of carbonyl (C=O) groups is 2. The Hall–Kier alpha value is -3.03. The van der Waals surface area contributed by atoms with Crippen LogP contribution < -0.4 is 0 Å². The quantitative estimate of drug-likeness (QED) is 0.448. The molecule has 0 amide bonds. The Morgan fingerprint density at radius 2 is 2.19 bits per heavy atom. The zero-order valence-electron chi connectivity index (χ0n) is 15.2. The van der Waals surface area contributed by atoms with E-state index in [0.717, 1.165) is 16.9 Å². The van der Waals surface area contributed by atoms with Crippen molar-refractivity contribution in [2.24, 2.45) is 0 Å². The Bertz CT molecular complexity index is 987. The van der Waals surface area contributed by atoms with Crippen LogP contribution in [-0.4, -0.2) is 43.2 Å². The van der Waals surface area contributed by atoms with Gasteiger partial charge in [0, 0.05) is 18.8 Å². The number of ether oxygens (including phenoxy) is 1. The topological polar surface area (TPSA) is 91.4 Å². The molecule has 0 radical (unpaired) electrons. The van der Waals surface area contributed by atoms with E-state index in [-0.39, 0.29) is 5.97 Å². The average molecular weight is 367 g/mol. The first-order valence-electron chi connectivity index (χ1n) is 9.17. The Labute approximate surface area is 156 Å². The number of imidazole rings is 1. The minimum Gasteiger partial charge on any atom is -0.466 e. The molecule has 3 aromatic rings. The van der Waals surface area contributed by atoms with Crippen LogP contribution in [0.5, 0.6) is 0 Å². The van der Waals surface area contributed by atoms with E-state index in [1.807, 2.05) is 17.5 Å². The van der Waals surface area contributed by atoms with E-state index in [9.17, 15) is 9.59 Å². The summed E-state index contributed by atoms with van der Waals surface area (Å²) < 4.78 is 8.67. The minimum absolute atomic E-state index is 0.191. The van der Waals surface area contributed by atoms with Gasteiger partial charge in [-0.05, 0) is 43.2 Å². The molecule has 0 unspecified atom stereocenters. The number of aldehydes is 1. The third-order valence-electron chi connectivity index (χ3n) is 4.65. The van der Waals surface area contributed by atoms with Gasteiger partial charge in [-0.1, -0.05) is 11.3 Å². The van der Waals surface area contributed by atoms with Gasteiger partial charge in [0.15, 0.2) is 6.29 Å². The maximum atomic E-state index is 11.8. The Balaban J connectivity index is 1.62. The fraction of sp³-hybridized carbons (Fsp3) is 0.421. The summed E-state index contributed by atoms with van der Waals surface area (Å²) in [4.78, 5) is 27.3. The Morgan fingerprint density at radius 1 is 1.33 bits per heavy atom. The van der Waals surface area contributed by atoms with Gasteiger partial charge in [0.1, 0.15) is 11.3 Å². The number of rotatable bonds is 8. The standard InChI is InChI=1S/C19H21N5O3/c1-2-27-18(26)6-5-14-7-15(13-3-4-13)8-23-9-16(20-19(14)23)10-24-11-17(12-25)21-22-24/h7-9,11-13H,2-6,10H2,1H3. The molecule has 0 saturated heterocycles. The average Bonchev–Trinajstić information content (AvgIpc) is 3.28. The third kappa shape index (κ3) is 3.89. The highest BCUT2D eigenvalue weighted by atomic mass is 16.5. The number of fused-ring (bicyclic) bond motifs is 1. The van der Waals surface area contributed by atoms with Crippen LogP contribution in [0.2, 0.25) is 0 Å². The summed E-state index contributed by atoms with van der Waals surface area (Å²) in [6.45, 7) is 2.63. The normalized spacial score (nSPS) is 13.8. The second kappa shape index (κ2) is 7.30. The first-order chi connectivity index (χ1) is 13.2. The maximum absolute atomic E-state index is 11.8. The zero-order valence-corrected chi connectivity index (χ0v) is 15.2. The van der Waals surface area contributed by atoms with Gasteiger partial charge in [-0.3, -0.25) is 9.59 Å².